The number of ether oxygens (including phenoxy) is 3. The molecule has 0 aliphatic carbocycles. The highest BCUT2D eigenvalue weighted by molar-refractivity contribution is 9.10. The van der Waals surface area contributed by atoms with Gasteiger partial charge in [-0.3, -0.25) is 5.41 Å². The van der Waals surface area contributed by atoms with E-state index in [4.69, 9.17) is 19.6 Å². The van der Waals surface area contributed by atoms with E-state index < -0.39 is 5.92 Å². The van der Waals surface area contributed by atoms with Crippen LogP contribution in [0, 0.1) is 22.7 Å². The number of hydrogen-bond donors (Lipinski definition) is 1. The van der Waals surface area contributed by atoms with Gasteiger partial charge in [0.15, 0.2) is 11.5 Å². The SMILES string of the molecule is CCn1ccc2c3c(ccc21)C(c1cc(Br)c(OC)c(OC)c1)C(C#N)C(=N)O3. The molecule has 0 saturated carbocycles. The first-order chi connectivity index (χ1) is 14.0. The predicted molar refractivity (Wildman–Crippen MR) is 114 cm³/mol. The Labute approximate surface area is 177 Å². The summed E-state index contributed by atoms with van der Waals surface area (Å²) in [7, 11) is 3.15. The zero-order valence-corrected chi connectivity index (χ0v) is 17.9. The number of nitrogens with one attached hydrogen (secondary N) is 1. The molecule has 2 atom stereocenters. The molecule has 1 aliphatic rings. The molecule has 1 aromatic heterocycles. The third-order valence-electron chi connectivity index (χ3n) is 5.39. The fraction of sp³-hybridized carbons (Fsp3) is 0.273. The molecule has 29 heavy (non-hydrogen) atoms. The Bertz CT molecular complexity index is 1160. The van der Waals surface area contributed by atoms with E-state index in [1.807, 2.05) is 36.5 Å². The number of methoxy groups -OCH3 is 2. The molecule has 2 heterocycles. The molecule has 4 rings (SSSR count). The van der Waals surface area contributed by atoms with Crippen LogP contribution in [-0.2, 0) is 6.54 Å². The summed E-state index contributed by atoms with van der Waals surface area (Å²) in [5, 5.41) is 19.2. The average Bonchev–Trinajstić information content (AvgIpc) is 3.15. The number of hydrogen-bond acceptors (Lipinski definition) is 5. The predicted octanol–water partition coefficient (Wildman–Crippen LogP) is 5.08. The van der Waals surface area contributed by atoms with Crippen LogP contribution in [0.25, 0.3) is 10.9 Å². The molecule has 1 N–H and O–H groups in total. The lowest BCUT2D eigenvalue weighted by Crippen LogP contribution is -2.31. The second kappa shape index (κ2) is 7.45. The molecule has 0 spiro atoms. The van der Waals surface area contributed by atoms with Gasteiger partial charge in [-0.2, -0.15) is 5.26 Å². The topological polar surface area (TPSA) is 80.3 Å². The number of aryl methyl sites for hydroxylation is 1. The maximum atomic E-state index is 9.83. The van der Waals surface area contributed by atoms with Crippen molar-refractivity contribution in [2.75, 3.05) is 14.2 Å². The molecule has 6 nitrogen and oxygen atoms in total. The van der Waals surface area contributed by atoms with Crippen molar-refractivity contribution in [1.29, 1.82) is 10.7 Å². The van der Waals surface area contributed by atoms with Gasteiger partial charge in [0.05, 0.1) is 30.3 Å². The molecular formula is C22H20BrN3O3. The number of halogens is 1. The summed E-state index contributed by atoms with van der Waals surface area (Å²) in [4.78, 5) is 0. The van der Waals surface area contributed by atoms with Gasteiger partial charge in [0.1, 0.15) is 11.7 Å². The summed E-state index contributed by atoms with van der Waals surface area (Å²) in [6.45, 7) is 2.92. The first kappa shape index (κ1) is 19.3. The summed E-state index contributed by atoms with van der Waals surface area (Å²) in [6.07, 6.45) is 2.01. The third kappa shape index (κ3) is 2.95. The van der Waals surface area contributed by atoms with Gasteiger partial charge in [-0.05, 0) is 52.7 Å². The molecule has 2 unspecified atom stereocenters. The number of rotatable bonds is 4. The van der Waals surface area contributed by atoms with E-state index in [1.165, 1.54) is 0 Å². The number of fused-ring (bicyclic) bond motifs is 3. The van der Waals surface area contributed by atoms with Gasteiger partial charge < -0.3 is 18.8 Å². The summed E-state index contributed by atoms with van der Waals surface area (Å²) < 4.78 is 19.6. The highest BCUT2D eigenvalue weighted by Gasteiger charge is 2.38. The van der Waals surface area contributed by atoms with Crippen LogP contribution >= 0.6 is 15.9 Å². The monoisotopic (exact) mass is 453 g/mol. The molecule has 148 valence electrons. The fourth-order valence-electron chi connectivity index (χ4n) is 4.02. The van der Waals surface area contributed by atoms with Crippen molar-refractivity contribution >= 4 is 32.7 Å². The summed E-state index contributed by atoms with van der Waals surface area (Å²) in [5.74, 6) is 0.642. The van der Waals surface area contributed by atoms with Crippen molar-refractivity contribution in [3.8, 4) is 23.3 Å². The Morgan fingerprint density at radius 1 is 1.24 bits per heavy atom. The second-order valence-corrected chi connectivity index (χ2v) is 7.66. The molecule has 1 aliphatic heterocycles. The molecular weight excluding hydrogens is 434 g/mol. The summed E-state index contributed by atoms with van der Waals surface area (Å²) in [5.41, 5.74) is 2.78. The largest absolute Gasteiger partial charge is 0.493 e. The molecule has 0 bridgehead atoms. The summed E-state index contributed by atoms with van der Waals surface area (Å²) in [6, 6.07) is 12.1. The molecule has 0 radical (unpaired) electrons. The van der Waals surface area contributed by atoms with Gasteiger partial charge in [0.25, 0.3) is 0 Å². The molecule has 3 aromatic rings. The molecule has 7 heteroatoms. The van der Waals surface area contributed by atoms with Crippen LogP contribution < -0.4 is 14.2 Å². The van der Waals surface area contributed by atoms with E-state index in [2.05, 4.69) is 33.5 Å². The van der Waals surface area contributed by atoms with Gasteiger partial charge in [0.2, 0.25) is 5.90 Å². The molecule has 0 fully saturated rings. The van der Waals surface area contributed by atoms with Crippen LogP contribution in [-0.4, -0.2) is 24.7 Å². The minimum Gasteiger partial charge on any atom is -0.493 e. The van der Waals surface area contributed by atoms with Crippen LogP contribution in [0.2, 0.25) is 0 Å². The van der Waals surface area contributed by atoms with Crippen molar-refractivity contribution in [3.05, 3.63) is 52.1 Å². The molecule has 2 aromatic carbocycles. The fourth-order valence-corrected chi connectivity index (χ4v) is 4.65. The first-order valence-electron chi connectivity index (χ1n) is 9.23. The van der Waals surface area contributed by atoms with Gasteiger partial charge in [-0.25, -0.2) is 0 Å². The van der Waals surface area contributed by atoms with E-state index in [0.717, 1.165) is 33.0 Å². The highest BCUT2D eigenvalue weighted by Crippen LogP contribution is 2.48. The Morgan fingerprint density at radius 2 is 2.03 bits per heavy atom. The Hall–Kier alpha value is -2.98. The molecule has 0 amide bonds. The van der Waals surface area contributed by atoms with E-state index in [-0.39, 0.29) is 11.8 Å². The summed E-state index contributed by atoms with van der Waals surface area (Å²) >= 11 is 3.54. The quantitative estimate of drug-likeness (QED) is 0.596. The van der Waals surface area contributed by atoms with Crippen molar-refractivity contribution in [3.63, 3.8) is 0 Å². The van der Waals surface area contributed by atoms with Gasteiger partial charge in [-0.15, -0.1) is 0 Å². The number of benzene rings is 2. The zero-order chi connectivity index (χ0) is 20.7. The lowest BCUT2D eigenvalue weighted by molar-refractivity contribution is 0.352. The van der Waals surface area contributed by atoms with Gasteiger partial charge in [0, 0.05) is 29.6 Å². The van der Waals surface area contributed by atoms with E-state index in [0.29, 0.717) is 17.2 Å². The zero-order valence-electron chi connectivity index (χ0n) is 16.3. The van der Waals surface area contributed by atoms with Crippen LogP contribution in [0.5, 0.6) is 17.2 Å². The Morgan fingerprint density at radius 3 is 2.69 bits per heavy atom. The van der Waals surface area contributed by atoms with Gasteiger partial charge >= 0.3 is 0 Å². The average molecular weight is 454 g/mol. The normalized spacial score (nSPS) is 18.1. The third-order valence-corrected chi connectivity index (χ3v) is 5.98. The smallest absolute Gasteiger partial charge is 0.205 e. The lowest BCUT2D eigenvalue weighted by Gasteiger charge is -2.31. The van der Waals surface area contributed by atoms with E-state index in [1.54, 1.807) is 14.2 Å². The lowest BCUT2D eigenvalue weighted by atomic mass is 9.78. The van der Waals surface area contributed by atoms with E-state index >= 15 is 0 Å². The van der Waals surface area contributed by atoms with Crippen LogP contribution in [0.15, 0.2) is 41.0 Å². The van der Waals surface area contributed by atoms with Crippen molar-refractivity contribution < 1.29 is 14.2 Å². The molecule has 0 saturated heterocycles. The number of nitrogens with zero attached hydrogens (tertiary/aromatic N) is 2. The van der Waals surface area contributed by atoms with E-state index in [9.17, 15) is 5.26 Å². The van der Waals surface area contributed by atoms with Crippen molar-refractivity contribution in [2.24, 2.45) is 5.92 Å². The van der Waals surface area contributed by atoms with Crippen molar-refractivity contribution in [2.45, 2.75) is 19.4 Å². The first-order valence-corrected chi connectivity index (χ1v) is 10.0. The van der Waals surface area contributed by atoms with Crippen LogP contribution in [0.4, 0.5) is 0 Å². The second-order valence-electron chi connectivity index (χ2n) is 6.81. The highest BCUT2D eigenvalue weighted by atomic mass is 79.9. The minimum absolute atomic E-state index is 0.0485. The van der Waals surface area contributed by atoms with Crippen molar-refractivity contribution in [1.82, 2.24) is 4.57 Å². The Balaban J connectivity index is 1.97. The Kier molecular flexibility index (Phi) is 4.97. The minimum atomic E-state index is -0.738. The van der Waals surface area contributed by atoms with Gasteiger partial charge in [-0.1, -0.05) is 6.07 Å². The standard InChI is InChI=1S/C22H20BrN3O3/c1-4-26-8-7-13-17(26)6-5-14-19(15(11-24)22(25)29-20(13)14)12-9-16(23)21(28-3)18(10-12)27-2/h5-10,15,19,25H,4H2,1-3H3. The number of nitriles is 1. The maximum absolute atomic E-state index is 9.83. The maximum Gasteiger partial charge on any atom is 0.205 e. The number of aromatic nitrogens is 1. The van der Waals surface area contributed by atoms with Crippen LogP contribution in [0.1, 0.15) is 24.0 Å². The van der Waals surface area contributed by atoms with Crippen LogP contribution in [0.3, 0.4) is 0 Å².